The van der Waals surface area contributed by atoms with Crippen LogP contribution in [0, 0.1) is 10.1 Å². The molecule has 0 aliphatic carbocycles. The van der Waals surface area contributed by atoms with Crippen LogP contribution in [-0.4, -0.2) is 100 Å². The van der Waals surface area contributed by atoms with Crippen LogP contribution in [0.4, 0.5) is 11.4 Å². The van der Waals surface area contributed by atoms with Crippen molar-refractivity contribution in [3.63, 3.8) is 0 Å². The molecule has 44 heavy (non-hydrogen) atoms. The smallest absolute Gasteiger partial charge is 0.305 e. The quantitative estimate of drug-likeness (QED) is 0.0528. The third kappa shape index (κ3) is 17.4. The molecule has 1 rings (SSSR count). The zero-order valence-corrected chi connectivity index (χ0v) is 27.4. The number of carbonyl (C=O) groups is 3. The second kappa shape index (κ2) is 20.9. The molecule has 15 heteroatoms. The number of nitrogens with zero attached hydrogens (tertiary/aromatic N) is 1. The van der Waals surface area contributed by atoms with Gasteiger partial charge in [0.2, 0.25) is 11.8 Å². The number of nitro groups is 1. The highest BCUT2D eigenvalue weighted by atomic mass is 28.4. The van der Waals surface area contributed by atoms with Crippen LogP contribution in [0.2, 0.25) is 18.1 Å². The molecule has 0 heterocycles. The lowest BCUT2D eigenvalue weighted by atomic mass is 9.99. The summed E-state index contributed by atoms with van der Waals surface area (Å²) < 4.78 is 21.2. The first kappa shape index (κ1) is 39.1. The first-order chi connectivity index (χ1) is 20.7. The SMILES string of the molecule is CC(C)(CCc1ccc([N+](=O)[O-])cc1NC(=O)CCCC(=O)NCCOCCOCCOCCOCCC(=O)O)[Si](C)(C)O. The van der Waals surface area contributed by atoms with E-state index in [-0.39, 0.29) is 48.4 Å². The molecule has 0 aliphatic rings. The van der Waals surface area contributed by atoms with Crippen molar-refractivity contribution in [2.45, 2.75) is 70.5 Å². The molecular formula is C29H49N3O11Si. The van der Waals surface area contributed by atoms with Crippen LogP contribution in [0.5, 0.6) is 0 Å². The Morgan fingerprint density at radius 1 is 0.886 bits per heavy atom. The van der Waals surface area contributed by atoms with E-state index >= 15 is 0 Å². The van der Waals surface area contributed by atoms with Crippen LogP contribution in [0.15, 0.2) is 18.2 Å². The Morgan fingerprint density at radius 2 is 1.43 bits per heavy atom. The summed E-state index contributed by atoms with van der Waals surface area (Å²) >= 11 is 0. The van der Waals surface area contributed by atoms with E-state index in [0.717, 1.165) is 5.56 Å². The number of rotatable bonds is 25. The summed E-state index contributed by atoms with van der Waals surface area (Å²) in [4.78, 5) is 56.4. The first-order valence-corrected chi connectivity index (χ1v) is 17.8. The lowest BCUT2D eigenvalue weighted by Gasteiger charge is -2.35. The lowest BCUT2D eigenvalue weighted by molar-refractivity contribution is -0.384. The zero-order valence-electron chi connectivity index (χ0n) is 26.4. The van der Waals surface area contributed by atoms with Crippen molar-refractivity contribution in [3.05, 3.63) is 33.9 Å². The predicted octanol–water partition coefficient (Wildman–Crippen LogP) is 3.27. The van der Waals surface area contributed by atoms with E-state index in [0.29, 0.717) is 77.7 Å². The van der Waals surface area contributed by atoms with Gasteiger partial charge in [0.25, 0.3) is 5.69 Å². The standard InChI is InChI=1S/C29H49N3O11Si/c1-29(2,44(3,4)39)12-10-23-8-9-24(32(37)38)22-25(23)31-27(34)7-5-6-26(33)30-13-15-41-17-19-43-21-20-42-18-16-40-14-11-28(35)36/h8-9,22,39H,5-7,10-21H2,1-4H3,(H,30,33)(H,31,34)(H,35,36). The van der Waals surface area contributed by atoms with Crippen LogP contribution in [0.3, 0.4) is 0 Å². The van der Waals surface area contributed by atoms with E-state index in [4.69, 9.17) is 24.1 Å². The van der Waals surface area contributed by atoms with Crippen LogP contribution in [0.1, 0.15) is 51.5 Å². The molecule has 0 aliphatic heterocycles. The van der Waals surface area contributed by atoms with Crippen molar-refractivity contribution < 1.29 is 48.2 Å². The van der Waals surface area contributed by atoms with Gasteiger partial charge in [-0.3, -0.25) is 24.5 Å². The maximum Gasteiger partial charge on any atom is 0.305 e. The molecule has 0 bridgehead atoms. The largest absolute Gasteiger partial charge is 0.481 e. The van der Waals surface area contributed by atoms with Crippen molar-refractivity contribution in [2.24, 2.45) is 0 Å². The van der Waals surface area contributed by atoms with Crippen molar-refractivity contribution in [3.8, 4) is 0 Å². The lowest BCUT2D eigenvalue weighted by Crippen LogP contribution is -2.39. The first-order valence-electron chi connectivity index (χ1n) is 14.8. The molecule has 2 amide bonds. The number of anilines is 1. The molecule has 0 atom stereocenters. The van der Waals surface area contributed by atoms with Crippen molar-refractivity contribution >= 4 is 37.5 Å². The molecule has 0 spiro atoms. The van der Waals surface area contributed by atoms with Gasteiger partial charge < -0.3 is 39.5 Å². The number of aryl methyl sites for hydroxylation is 1. The zero-order chi connectivity index (χ0) is 33.0. The van der Waals surface area contributed by atoms with E-state index in [1.807, 2.05) is 26.9 Å². The molecule has 0 saturated carbocycles. The molecule has 0 aromatic heterocycles. The monoisotopic (exact) mass is 643 g/mol. The summed E-state index contributed by atoms with van der Waals surface area (Å²) in [5.74, 6) is -1.45. The van der Waals surface area contributed by atoms with E-state index < -0.39 is 19.2 Å². The minimum absolute atomic E-state index is 0.0360. The molecule has 14 nitrogen and oxygen atoms in total. The number of aliphatic carboxylic acids is 1. The highest BCUT2D eigenvalue weighted by Crippen LogP contribution is 2.40. The molecule has 0 unspecified atom stereocenters. The molecule has 4 N–H and O–H groups in total. The number of nitro benzene ring substituents is 1. The highest BCUT2D eigenvalue weighted by molar-refractivity contribution is 6.72. The summed E-state index contributed by atoms with van der Waals surface area (Å²) in [5, 5.41) is 25.0. The fourth-order valence-electron chi connectivity index (χ4n) is 3.66. The molecule has 0 saturated heterocycles. The molecular weight excluding hydrogens is 594 g/mol. The fourth-order valence-corrected chi connectivity index (χ4v) is 4.40. The van der Waals surface area contributed by atoms with Crippen molar-refractivity contribution in [2.75, 3.05) is 64.7 Å². The van der Waals surface area contributed by atoms with Crippen LogP contribution in [-0.2, 0) is 39.8 Å². The number of hydrogen-bond donors (Lipinski definition) is 4. The second-order valence-corrected chi connectivity index (χ2v) is 15.9. The summed E-state index contributed by atoms with van der Waals surface area (Å²) in [6, 6.07) is 4.39. The van der Waals surface area contributed by atoms with Gasteiger partial charge in [0.05, 0.1) is 69.9 Å². The van der Waals surface area contributed by atoms with Gasteiger partial charge in [-0.05, 0) is 43.0 Å². The second-order valence-electron chi connectivity index (χ2n) is 11.4. The van der Waals surface area contributed by atoms with Gasteiger partial charge in [-0.15, -0.1) is 0 Å². The fraction of sp³-hybridized carbons (Fsp3) is 0.690. The van der Waals surface area contributed by atoms with Gasteiger partial charge >= 0.3 is 5.97 Å². The Hall–Kier alpha value is -2.95. The Kier molecular flexibility index (Phi) is 18.6. The molecule has 0 fully saturated rings. The summed E-state index contributed by atoms with van der Waals surface area (Å²) in [6.07, 6.45) is 1.69. The van der Waals surface area contributed by atoms with E-state index in [2.05, 4.69) is 10.6 Å². The number of benzene rings is 1. The Balaban J connectivity index is 2.22. The van der Waals surface area contributed by atoms with Gasteiger partial charge in [0.1, 0.15) is 0 Å². The van der Waals surface area contributed by atoms with E-state index in [1.165, 1.54) is 12.1 Å². The Bertz CT molecular complexity index is 1050. The van der Waals surface area contributed by atoms with Crippen LogP contribution in [0.25, 0.3) is 0 Å². The Morgan fingerprint density at radius 3 is 1.98 bits per heavy atom. The number of amides is 2. The van der Waals surface area contributed by atoms with Gasteiger partial charge in [-0.25, -0.2) is 0 Å². The summed E-state index contributed by atoms with van der Waals surface area (Å²) in [7, 11) is -2.44. The summed E-state index contributed by atoms with van der Waals surface area (Å²) in [6.45, 7) is 10.7. The van der Waals surface area contributed by atoms with Gasteiger partial charge in [0.15, 0.2) is 8.32 Å². The number of carboxylic acids is 1. The van der Waals surface area contributed by atoms with Gasteiger partial charge in [-0.1, -0.05) is 19.9 Å². The molecule has 1 aromatic carbocycles. The average Bonchev–Trinajstić information content (AvgIpc) is 2.93. The van der Waals surface area contributed by atoms with E-state index in [9.17, 15) is 29.3 Å². The van der Waals surface area contributed by atoms with Crippen molar-refractivity contribution in [1.29, 1.82) is 0 Å². The predicted molar refractivity (Wildman–Crippen MR) is 166 cm³/mol. The Labute approximate surface area is 260 Å². The third-order valence-electron chi connectivity index (χ3n) is 7.21. The van der Waals surface area contributed by atoms with E-state index in [1.54, 1.807) is 6.07 Å². The maximum atomic E-state index is 12.6. The maximum absolute atomic E-state index is 12.6. The number of nitrogens with one attached hydrogen (secondary N) is 2. The summed E-state index contributed by atoms with van der Waals surface area (Å²) in [5.41, 5.74) is 0.995. The number of ether oxygens (including phenoxy) is 4. The number of carbonyl (C=O) groups excluding carboxylic acids is 2. The minimum atomic E-state index is -2.44. The average molecular weight is 644 g/mol. The topological polar surface area (TPSA) is 196 Å². The third-order valence-corrected chi connectivity index (χ3v) is 10.8. The molecule has 0 radical (unpaired) electrons. The molecule has 250 valence electrons. The van der Waals surface area contributed by atoms with Crippen LogP contribution >= 0.6 is 0 Å². The number of hydrogen-bond acceptors (Lipinski definition) is 10. The van der Waals surface area contributed by atoms with Gasteiger partial charge in [-0.2, -0.15) is 0 Å². The highest BCUT2D eigenvalue weighted by Gasteiger charge is 2.37. The number of non-ortho nitro benzene ring substituents is 1. The molecule has 1 aromatic rings. The normalized spacial score (nSPS) is 11.8. The van der Waals surface area contributed by atoms with Crippen molar-refractivity contribution in [1.82, 2.24) is 5.32 Å². The van der Waals surface area contributed by atoms with Crippen LogP contribution < -0.4 is 10.6 Å². The minimum Gasteiger partial charge on any atom is -0.481 e. The number of carboxylic acid groups (broad SMARTS) is 1. The van der Waals surface area contributed by atoms with Gasteiger partial charge in [0, 0.05) is 31.5 Å².